The summed E-state index contributed by atoms with van der Waals surface area (Å²) in [6, 6.07) is 0. The maximum Gasteiger partial charge on any atom is 0.263 e. The van der Waals surface area contributed by atoms with E-state index in [0.29, 0.717) is 10.4 Å². The number of nitrogens with zero attached hydrogens (tertiary/aromatic N) is 7. The Hall–Kier alpha value is -2.00. The minimum atomic E-state index is 0.0598. The molecule has 0 aliphatic carbocycles. The van der Waals surface area contributed by atoms with Crippen LogP contribution in [0.15, 0.2) is 39.9 Å². The zero-order chi connectivity index (χ0) is 12.4. The van der Waals surface area contributed by atoms with E-state index in [2.05, 4.69) is 30.0 Å². The fourth-order valence-corrected chi connectivity index (χ4v) is 1.96. The summed E-state index contributed by atoms with van der Waals surface area (Å²) >= 11 is 6.95. The smallest absolute Gasteiger partial charge is 0.263 e. The largest absolute Gasteiger partial charge is 0.440 e. The minimum Gasteiger partial charge on any atom is -0.440 e. The van der Waals surface area contributed by atoms with Gasteiger partial charge in [0.15, 0.2) is 0 Å². The molecule has 3 rings (SSSR count). The lowest BCUT2D eigenvalue weighted by Crippen LogP contribution is -2.04. The molecule has 0 saturated carbocycles. The van der Waals surface area contributed by atoms with E-state index in [9.17, 15) is 0 Å². The molecular formula is C8H4ClN7OS. The third-order valence-corrected chi connectivity index (χ3v) is 2.70. The number of hydrogen-bond donors (Lipinski definition) is 0. The SMILES string of the molecule is Clc1nc(Sc2ncco2)nc(-n2cncn2)n1. The second kappa shape index (κ2) is 4.70. The number of halogens is 1. The Labute approximate surface area is 109 Å². The number of oxazole rings is 1. The van der Waals surface area contributed by atoms with Crippen LogP contribution in [-0.2, 0) is 0 Å². The van der Waals surface area contributed by atoms with E-state index < -0.39 is 0 Å². The van der Waals surface area contributed by atoms with Crippen molar-refractivity contribution in [3.63, 3.8) is 0 Å². The van der Waals surface area contributed by atoms with Gasteiger partial charge in [0.2, 0.25) is 10.4 Å². The van der Waals surface area contributed by atoms with Crippen molar-refractivity contribution in [2.75, 3.05) is 0 Å². The Morgan fingerprint density at radius 1 is 1.28 bits per heavy atom. The molecule has 90 valence electrons. The number of rotatable bonds is 3. The summed E-state index contributed by atoms with van der Waals surface area (Å²) in [6.45, 7) is 0. The van der Waals surface area contributed by atoms with Crippen molar-refractivity contribution in [1.29, 1.82) is 0 Å². The average Bonchev–Trinajstić information content (AvgIpc) is 3.00. The van der Waals surface area contributed by atoms with Crippen LogP contribution in [0, 0.1) is 0 Å². The highest BCUT2D eigenvalue weighted by Crippen LogP contribution is 2.23. The molecule has 3 aromatic heterocycles. The molecule has 0 bridgehead atoms. The van der Waals surface area contributed by atoms with Crippen LogP contribution in [0.1, 0.15) is 0 Å². The second-order valence-corrected chi connectivity index (χ2v) is 4.18. The predicted octanol–water partition coefficient (Wildman–Crippen LogP) is 1.24. The van der Waals surface area contributed by atoms with Crippen LogP contribution in [0.4, 0.5) is 0 Å². The third-order valence-electron chi connectivity index (χ3n) is 1.79. The van der Waals surface area contributed by atoms with E-state index in [1.54, 1.807) is 0 Å². The molecule has 0 fully saturated rings. The van der Waals surface area contributed by atoms with Gasteiger partial charge in [0.05, 0.1) is 6.20 Å². The first-order valence-electron chi connectivity index (χ1n) is 4.65. The van der Waals surface area contributed by atoms with E-state index >= 15 is 0 Å². The molecule has 3 aromatic rings. The van der Waals surface area contributed by atoms with Crippen molar-refractivity contribution in [2.45, 2.75) is 10.4 Å². The van der Waals surface area contributed by atoms with Crippen molar-refractivity contribution in [1.82, 2.24) is 34.7 Å². The van der Waals surface area contributed by atoms with Crippen LogP contribution in [0.2, 0.25) is 5.28 Å². The van der Waals surface area contributed by atoms with Gasteiger partial charge in [0.1, 0.15) is 18.9 Å². The molecule has 0 aliphatic heterocycles. The van der Waals surface area contributed by atoms with Gasteiger partial charge in [-0.05, 0) is 11.6 Å². The van der Waals surface area contributed by atoms with Crippen LogP contribution in [-0.4, -0.2) is 34.7 Å². The lowest BCUT2D eigenvalue weighted by molar-refractivity contribution is 0.453. The van der Waals surface area contributed by atoms with Gasteiger partial charge >= 0.3 is 0 Å². The normalized spacial score (nSPS) is 10.7. The molecule has 8 nitrogen and oxygen atoms in total. The third kappa shape index (κ3) is 2.31. The number of hydrogen-bond acceptors (Lipinski definition) is 8. The molecule has 0 amide bonds. The first-order valence-corrected chi connectivity index (χ1v) is 5.84. The minimum absolute atomic E-state index is 0.0598. The maximum absolute atomic E-state index is 5.82. The Morgan fingerprint density at radius 3 is 2.94 bits per heavy atom. The lowest BCUT2D eigenvalue weighted by atomic mass is 10.9. The van der Waals surface area contributed by atoms with Gasteiger partial charge in [-0.1, -0.05) is 0 Å². The fraction of sp³-hybridized carbons (Fsp3) is 0. The molecule has 10 heteroatoms. The molecule has 0 N–H and O–H groups in total. The average molecular weight is 282 g/mol. The van der Waals surface area contributed by atoms with E-state index in [-0.39, 0.29) is 11.2 Å². The fourth-order valence-electron chi connectivity index (χ4n) is 1.12. The van der Waals surface area contributed by atoms with Crippen LogP contribution in [0.25, 0.3) is 5.95 Å². The highest BCUT2D eigenvalue weighted by atomic mass is 35.5. The summed E-state index contributed by atoms with van der Waals surface area (Å²) in [7, 11) is 0. The molecule has 0 aliphatic rings. The molecule has 18 heavy (non-hydrogen) atoms. The monoisotopic (exact) mass is 281 g/mol. The van der Waals surface area contributed by atoms with Crippen LogP contribution in [0.3, 0.4) is 0 Å². The molecule has 0 aromatic carbocycles. The summed E-state index contributed by atoms with van der Waals surface area (Å²) in [5.41, 5.74) is 0. The van der Waals surface area contributed by atoms with Crippen molar-refractivity contribution in [3.8, 4) is 5.95 Å². The summed E-state index contributed by atoms with van der Waals surface area (Å²) < 4.78 is 6.46. The zero-order valence-electron chi connectivity index (χ0n) is 8.63. The Bertz CT molecular complexity index is 642. The molecule has 0 radical (unpaired) electrons. The van der Waals surface area contributed by atoms with Gasteiger partial charge in [-0.3, -0.25) is 0 Å². The van der Waals surface area contributed by atoms with Gasteiger partial charge in [-0.15, -0.1) is 0 Å². The van der Waals surface area contributed by atoms with E-state index in [1.165, 1.54) is 29.8 Å². The van der Waals surface area contributed by atoms with E-state index in [1.807, 2.05) is 0 Å². The summed E-state index contributed by atoms with van der Waals surface area (Å²) in [6.07, 6.45) is 5.83. The van der Waals surface area contributed by atoms with Crippen LogP contribution in [0.5, 0.6) is 0 Å². The Balaban J connectivity index is 1.96. The van der Waals surface area contributed by atoms with Gasteiger partial charge in [-0.2, -0.15) is 24.7 Å². The first-order chi connectivity index (χ1) is 8.81. The van der Waals surface area contributed by atoms with Crippen molar-refractivity contribution >= 4 is 23.4 Å². The first kappa shape index (κ1) is 11.1. The highest BCUT2D eigenvalue weighted by molar-refractivity contribution is 7.98. The molecule has 0 saturated heterocycles. The van der Waals surface area contributed by atoms with Crippen LogP contribution < -0.4 is 0 Å². The van der Waals surface area contributed by atoms with Gasteiger partial charge in [0.25, 0.3) is 11.2 Å². The lowest BCUT2D eigenvalue weighted by Gasteiger charge is -2.01. The Kier molecular flexibility index (Phi) is 2.90. The van der Waals surface area contributed by atoms with Gasteiger partial charge in [-0.25, -0.2) is 9.97 Å². The van der Waals surface area contributed by atoms with Crippen molar-refractivity contribution in [3.05, 3.63) is 30.4 Å². The Morgan fingerprint density at radius 2 is 2.22 bits per heavy atom. The highest BCUT2D eigenvalue weighted by Gasteiger charge is 2.10. The zero-order valence-corrected chi connectivity index (χ0v) is 10.2. The second-order valence-electron chi connectivity index (χ2n) is 2.93. The number of aromatic nitrogens is 7. The van der Waals surface area contributed by atoms with Crippen molar-refractivity contribution < 1.29 is 4.42 Å². The van der Waals surface area contributed by atoms with Gasteiger partial charge in [0, 0.05) is 11.8 Å². The topological polar surface area (TPSA) is 95.4 Å². The van der Waals surface area contributed by atoms with E-state index in [4.69, 9.17) is 16.0 Å². The molecule has 0 unspecified atom stereocenters. The summed E-state index contributed by atoms with van der Waals surface area (Å²) in [4.78, 5) is 19.8. The standard InChI is InChI=1S/C8H4ClN7OS/c9-5-13-6(16-4-10-3-12-16)15-7(14-5)18-8-11-1-2-17-8/h1-4H. The predicted molar refractivity (Wildman–Crippen MR) is 60.4 cm³/mol. The van der Waals surface area contributed by atoms with Crippen molar-refractivity contribution in [2.24, 2.45) is 0 Å². The van der Waals surface area contributed by atoms with Gasteiger partial charge < -0.3 is 4.42 Å². The molecule has 0 atom stereocenters. The van der Waals surface area contributed by atoms with Crippen LogP contribution >= 0.6 is 23.4 Å². The summed E-state index contributed by atoms with van der Waals surface area (Å²) in [5, 5.41) is 4.75. The maximum atomic E-state index is 5.82. The quantitative estimate of drug-likeness (QED) is 0.707. The van der Waals surface area contributed by atoms with E-state index in [0.717, 1.165) is 11.8 Å². The molecular weight excluding hydrogens is 278 g/mol. The molecule has 3 heterocycles. The summed E-state index contributed by atoms with van der Waals surface area (Å²) in [5.74, 6) is 0.279. The molecule has 0 spiro atoms.